The number of aromatic nitrogens is 1. The summed E-state index contributed by atoms with van der Waals surface area (Å²) in [6.45, 7) is 3.86. The molecule has 3 nitrogen and oxygen atoms in total. The minimum Gasteiger partial charge on any atom is -0.481 e. The number of benzene rings is 1. The van der Waals surface area contributed by atoms with Crippen molar-refractivity contribution in [3.63, 3.8) is 0 Å². The fraction of sp³-hybridized carbons (Fsp3) is 0.429. The summed E-state index contributed by atoms with van der Waals surface area (Å²) in [5.41, 5.74) is 0.242. The molecule has 0 atom stereocenters. The van der Waals surface area contributed by atoms with E-state index in [4.69, 9.17) is 0 Å². The van der Waals surface area contributed by atoms with Gasteiger partial charge in [-0.1, -0.05) is 29.8 Å². The number of thiazole rings is 1. The van der Waals surface area contributed by atoms with Crippen LogP contribution in [0.4, 0.5) is 0 Å². The molecule has 0 unspecified atom stereocenters. The van der Waals surface area contributed by atoms with E-state index in [0.717, 1.165) is 19.7 Å². The van der Waals surface area contributed by atoms with E-state index in [1.54, 1.807) is 11.3 Å². The van der Waals surface area contributed by atoms with Crippen LogP contribution in [0.1, 0.15) is 31.7 Å². The van der Waals surface area contributed by atoms with E-state index in [1.165, 1.54) is 0 Å². The Kier molecular flexibility index (Phi) is 4.26. The molecule has 0 fully saturated rings. The predicted octanol–water partition coefficient (Wildman–Crippen LogP) is 4.49. The first-order valence-electron chi connectivity index (χ1n) is 6.29. The van der Waals surface area contributed by atoms with Gasteiger partial charge in [0.2, 0.25) is 0 Å². The fourth-order valence-corrected chi connectivity index (χ4v) is 3.63. The molecule has 2 aromatic rings. The molecule has 19 heavy (non-hydrogen) atoms. The van der Waals surface area contributed by atoms with E-state index in [1.807, 2.05) is 32.0 Å². The first-order valence-corrected chi connectivity index (χ1v) is 7.90. The summed E-state index contributed by atoms with van der Waals surface area (Å²) >= 11 is 5.01. The third-order valence-corrected chi connectivity index (χ3v) is 5.22. The number of rotatable bonds is 5. The quantitative estimate of drug-likeness (QED) is 0.871. The van der Waals surface area contributed by atoms with Gasteiger partial charge in [0.25, 0.3) is 0 Å². The van der Waals surface area contributed by atoms with Gasteiger partial charge in [-0.2, -0.15) is 0 Å². The Bertz CT molecular complexity index is 605. The predicted molar refractivity (Wildman–Crippen MR) is 81.7 cm³/mol. The van der Waals surface area contributed by atoms with Crippen LogP contribution >= 0.6 is 27.3 Å². The maximum Gasteiger partial charge on any atom is 0.310 e. The molecular formula is C14H16BrNO2S. The maximum absolute atomic E-state index is 11.5. The Balaban J connectivity index is 2.36. The highest BCUT2D eigenvalue weighted by Gasteiger charge is 2.36. The van der Waals surface area contributed by atoms with Gasteiger partial charge in [0.15, 0.2) is 0 Å². The van der Waals surface area contributed by atoms with Crippen LogP contribution in [0.2, 0.25) is 0 Å². The van der Waals surface area contributed by atoms with Gasteiger partial charge in [-0.15, -0.1) is 11.3 Å². The van der Waals surface area contributed by atoms with E-state index in [0.29, 0.717) is 19.3 Å². The fourth-order valence-electron chi connectivity index (χ4n) is 2.19. The molecule has 2 rings (SSSR count). The largest absolute Gasteiger partial charge is 0.481 e. The van der Waals surface area contributed by atoms with Gasteiger partial charge in [0.05, 0.1) is 20.6 Å². The number of carbonyl (C=O) groups is 1. The molecule has 0 aliphatic carbocycles. The van der Waals surface area contributed by atoms with Gasteiger partial charge in [-0.25, -0.2) is 4.98 Å². The molecule has 0 aliphatic heterocycles. The minimum atomic E-state index is -0.724. The molecule has 0 amide bonds. The lowest BCUT2D eigenvalue weighted by Crippen LogP contribution is -2.32. The average molecular weight is 342 g/mol. The van der Waals surface area contributed by atoms with Crippen molar-refractivity contribution in [2.24, 2.45) is 5.41 Å². The lowest BCUT2D eigenvalue weighted by molar-refractivity contribution is -0.149. The van der Waals surface area contributed by atoms with Crippen molar-refractivity contribution >= 4 is 43.5 Å². The standard InChI is InChI=1S/C14H16BrNO2S/c1-3-14(4-2,13(17)18)8-12-16-10-7-9(15)5-6-11(10)19-12/h5-7H,3-4,8H2,1-2H3,(H,17,18). The summed E-state index contributed by atoms with van der Waals surface area (Å²) in [6, 6.07) is 5.96. The number of carboxylic acid groups (broad SMARTS) is 1. The van der Waals surface area contributed by atoms with Crippen LogP contribution < -0.4 is 0 Å². The molecule has 0 saturated carbocycles. The molecule has 1 aromatic carbocycles. The van der Waals surface area contributed by atoms with Crippen LogP contribution in [0, 0.1) is 5.41 Å². The summed E-state index contributed by atoms with van der Waals surface area (Å²) in [5.74, 6) is -0.724. The summed E-state index contributed by atoms with van der Waals surface area (Å²) in [4.78, 5) is 16.1. The molecule has 5 heteroatoms. The molecule has 0 radical (unpaired) electrons. The highest BCUT2D eigenvalue weighted by atomic mass is 79.9. The van der Waals surface area contributed by atoms with Crippen LogP contribution in [0.3, 0.4) is 0 Å². The SMILES string of the molecule is CCC(CC)(Cc1nc2cc(Br)ccc2s1)C(=O)O. The van der Waals surface area contributed by atoms with Gasteiger partial charge < -0.3 is 5.11 Å². The first kappa shape index (κ1) is 14.5. The van der Waals surface area contributed by atoms with E-state index >= 15 is 0 Å². The minimum absolute atomic E-state index is 0.506. The number of aliphatic carboxylic acids is 1. The van der Waals surface area contributed by atoms with Crippen molar-refractivity contribution in [3.8, 4) is 0 Å². The zero-order valence-corrected chi connectivity index (χ0v) is 13.3. The van der Waals surface area contributed by atoms with Crippen LogP contribution in [-0.2, 0) is 11.2 Å². The monoisotopic (exact) mass is 341 g/mol. The van der Waals surface area contributed by atoms with Crippen molar-refractivity contribution in [1.82, 2.24) is 4.98 Å². The van der Waals surface area contributed by atoms with E-state index in [2.05, 4.69) is 20.9 Å². The third-order valence-electron chi connectivity index (χ3n) is 3.69. The Hall–Kier alpha value is -0.940. The number of halogens is 1. The topological polar surface area (TPSA) is 50.2 Å². The van der Waals surface area contributed by atoms with Crippen LogP contribution in [0.15, 0.2) is 22.7 Å². The average Bonchev–Trinajstić information content (AvgIpc) is 2.77. The molecule has 102 valence electrons. The summed E-state index contributed by atoms with van der Waals surface area (Å²) in [5, 5.41) is 10.4. The molecule has 0 aliphatic rings. The Morgan fingerprint density at radius 3 is 2.68 bits per heavy atom. The van der Waals surface area contributed by atoms with Crippen molar-refractivity contribution in [1.29, 1.82) is 0 Å². The summed E-state index contributed by atoms with van der Waals surface area (Å²) in [7, 11) is 0. The lowest BCUT2D eigenvalue weighted by atomic mass is 9.79. The Labute approximate surface area is 124 Å². The van der Waals surface area contributed by atoms with E-state index in [9.17, 15) is 9.90 Å². The van der Waals surface area contributed by atoms with Gasteiger partial charge in [0.1, 0.15) is 0 Å². The van der Waals surface area contributed by atoms with Gasteiger partial charge in [-0.3, -0.25) is 4.79 Å². The molecule has 1 heterocycles. The molecule has 1 aromatic heterocycles. The third kappa shape index (κ3) is 2.82. The van der Waals surface area contributed by atoms with Crippen LogP contribution in [0.25, 0.3) is 10.2 Å². The van der Waals surface area contributed by atoms with Crippen molar-refractivity contribution < 1.29 is 9.90 Å². The smallest absolute Gasteiger partial charge is 0.310 e. The second-order valence-electron chi connectivity index (χ2n) is 4.69. The normalized spacial score (nSPS) is 11.9. The van der Waals surface area contributed by atoms with E-state index in [-0.39, 0.29) is 0 Å². The molecule has 0 saturated heterocycles. The summed E-state index contributed by atoms with van der Waals surface area (Å²) < 4.78 is 2.09. The second kappa shape index (κ2) is 5.59. The van der Waals surface area contributed by atoms with Crippen molar-refractivity contribution in [2.75, 3.05) is 0 Å². The molecule has 0 bridgehead atoms. The second-order valence-corrected chi connectivity index (χ2v) is 6.72. The number of hydrogen-bond acceptors (Lipinski definition) is 3. The lowest BCUT2D eigenvalue weighted by Gasteiger charge is -2.25. The van der Waals surface area contributed by atoms with Crippen molar-refractivity contribution in [2.45, 2.75) is 33.1 Å². The number of hydrogen-bond donors (Lipinski definition) is 1. The van der Waals surface area contributed by atoms with Gasteiger partial charge in [0, 0.05) is 10.9 Å². The number of fused-ring (bicyclic) bond motifs is 1. The van der Waals surface area contributed by atoms with Crippen LogP contribution in [0.5, 0.6) is 0 Å². The van der Waals surface area contributed by atoms with Gasteiger partial charge >= 0.3 is 5.97 Å². The zero-order valence-electron chi connectivity index (χ0n) is 10.9. The summed E-state index contributed by atoms with van der Waals surface area (Å²) in [6.07, 6.45) is 1.75. The number of carboxylic acids is 1. The number of nitrogens with zero attached hydrogens (tertiary/aromatic N) is 1. The highest BCUT2D eigenvalue weighted by Crippen LogP contribution is 2.34. The maximum atomic E-state index is 11.5. The molecule has 1 N–H and O–H groups in total. The van der Waals surface area contributed by atoms with Crippen LogP contribution in [-0.4, -0.2) is 16.1 Å². The molecular weight excluding hydrogens is 326 g/mol. The molecule has 0 spiro atoms. The Morgan fingerprint density at radius 2 is 2.11 bits per heavy atom. The first-order chi connectivity index (χ1) is 9.00. The Morgan fingerprint density at radius 1 is 1.42 bits per heavy atom. The van der Waals surface area contributed by atoms with Gasteiger partial charge in [-0.05, 0) is 31.0 Å². The highest BCUT2D eigenvalue weighted by molar-refractivity contribution is 9.10. The zero-order chi connectivity index (χ0) is 14.0. The van der Waals surface area contributed by atoms with E-state index < -0.39 is 11.4 Å². The van der Waals surface area contributed by atoms with Crippen molar-refractivity contribution in [3.05, 3.63) is 27.7 Å².